The Labute approximate surface area is 128 Å². The van der Waals surface area contributed by atoms with E-state index in [1.807, 2.05) is 24.3 Å². The summed E-state index contributed by atoms with van der Waals surface area (Å²) in [6.07, 6.45) is 1.27. The number of hydrogen-bond acceptors (Lipinski definition) is 3. The molecule has 5 heteroatoms. The van der Waals surface area contributed by atoms with E-state index in [0.29, 0.717) is 17.9 Å². The van der Waals surface area contributed by atoms with Crippen LogP contribution in [0.5, 0.6) is 5.75 Å². The Bertz CT molecular complexity index is 589. The maximum atomic E-state index is 13.3. The summed E-state index contributed by atoms with van der Waals surface area (Å²) in [5.74, 6) is 6.11. The molecule has 0 spiro atoms. The van der Waals surface area contributed by atoms with Crippen molar-refractivity contribution in [2.75, 3.05) is 7.11 Å². The largest absolute Gasteiger partial charge is 0.497 e. The van der Waals surface area contributed by atoms with Gasteiger partial charge in [-0.1, -0.05) is 23.7 Å². The minimum atomic E-state index is -0.297. The summed E-state index contributed by atoms with van der Waals surface area (Å²) in [6, 6.07) is 12.1. The molecule has 0 fully saturated rings. The van der Waals surface area contributed by atoms with Gasteiger partial charge < -0.3 is 4.74 Å². The molecular formula is C16H18ClFN2O. The molecule has 3 nitrogen and oxygen atoms in total. The maximum Gasteiger partial charge on any atom is 0.123 e. The number of benzene rings is 2. The normalized spacial score (nSPS) is 12.2. The van der Waals surface area contributed by atoms with E-state index in [9.17, 15) is 4.39 Å². The fourth-order valence-electron chi connectivity index (χ4n) is 2.20. The second-order valence-electron chi connectivity index (χ2n) is 4.86. The molecule has 0 aliphatic carbocycles. The summed E-state index contributed by atoms with van der Waals surface area (Å²) in [6.45, 7) is 0. The van der Waals surface area contributed by atoms with Gasteiger partial charge in [0.2, 0.25) is 0 Å². The second-order valence-corrected chi connectivity index (χ2v) is 5.26. The van der Waals surface area contributed by atoms with Crippen LogP contribution in [0.1, 0.15) is 11.1 Å². The van der Waals surface area contributed by atoms with Crippen LogP contribution < -0.4 is 16.0 Å². The zero-order valence-corrected chi connectivity index (χ0v) is 12.5. The van der Waals surface area contributed by atoms with Gasteiger partial charge in [-0.3, -0.25) is 11.3 Å². The van der Waals surface area contributed by atoms with Crippen LogP contribution >= 0.6 is 11.6 Å². The first kappa shape index (κ1) is 15.8. The van der Waals surface area contributed by atoms with E-state index in [2.05, 4.69) is 5.43 Å². The summed E-state index contributed by atoms with van der Waals surface area (Å²) >= 11 is 6.09. The van der Waals surface area contributed by atoms with E-state index in [0.717, 1.165) is 16.9 Å². The fourth-order valence-corrected chi connectivity index (χ4v) is 2.40. The van der Waals surface area contributed by atoms with Crippen LogP contribution in [-0.2, 0) is 12.8 Å². The van der Waals surface area contributed by atoms with Crippen molar-refractivity contribution in [1.82, 2.24) is 5.43 Å². The number of nitrogens with one attached hydrogen (secondary N) is 1. The lowest BCUT2D eigenvalue weighted by Crippen LogP contribution is -2.38. The number of nitrogens with two attached hydrogens (primary N) is 1. The van der Waals surface area contributed by atoms with Crippen LogP contribution in [0.25, 0.3) is 0 Å². The molecule has 0 saturated carbocycles. The van der Waals surface area contributed by atoms with Crippen molar-refractivity contribution in [3.63, 3.8) is 0 Å². The molecule has 112 valence electrons. The Morgan fingerprint density at radius 1 is 1.19 bits per heavy atom. The van der Waals surface area contributed by atoms with Gasteiger partial charge in [-0.05, 0) is 54.3 Å². The molecular weight excluding hydrogens is 291 g/mol. The Morgan fingerprint density at radius 3 is 2.52 bits per heavy atom. The molecule has 21 heavy (non-hydrogen) atoms. The zero-order chi connectivity index (χ0) is 15.2. The summed E-state index contributed by atoms with van der Waals surface area (Å²) in [7, 11) is 1.63. The SMILES string of the molecule is COc1ccc(CC(Cc2cc(F)ccc2Cl)NN)cc1. The Hall–Kier alpha value is -1.62. The third kappa shape index (κ3) is 4.43. The number of halogens is 2. The van der Waals surface area contributed by atoms with Crippen molar-refractivity contribution >= 4 is 11.6 Å². The highest BCUT2D eigenvalue weighted by atomic mass is 35.5. The highest BCUT2D eigenvalue weighted by Gasteiger charge is 2.12. The van der Waals surface area contributed by atoms with Gasteiger partial charge in [0.1, 0.15) is 11.6 Å². The lowest BCUT2D eigenvalue weighted by molar-refractivity contribution is 0.414. The first-order chi connectivity index (χ1) is 10.1. The molecule has 0 aliphatic rings. The predicted octanol–water partition coefficient (Wildman–Crippen LogP) is 3.10. The van der Waals surface area contributed by atoms with Crippen LogP contribution in [0.2, 0.25) is 5.02 Å². The lowest BCUT2D eigenvalue weighted by Gasteiger charge is -2.17. The molecule has 0 amide bonds. The van der Waals surface area contributed by atoms with Crippen molar-refractivity contribution in [1.29, 1.82) is 0 Å². The van der Waals surface area contributed by atoms with Gasteiger partial charge in [-0.15, -0.1) is 0 Å². The Kier molecular flexibility index (Phi) is 5.56. The van der Waals surface area contributed by atoms with Crippen LogP contribution in [0.3, 0.4) is 0 Å². The first-order valence-corrected chi connectivity index (χ1v) is 7.03. The molecule has 2 rings (SSSR count). The number of rotatable bonds is 6. The number of hydrogen-bond donors (Lipinski definition) is 2. The molecule has 0 aliphatic heterocycles. The van der Waals surface area contributed by atoms with Gasteiger partial charge in [0, 0.05) is 11.1 Å². The molecule has 3 N–H and O–H groups in total. The van der Waals surface area contributed by atoms with E-state index in [1.54, 1.807) is 13.2 Å². The van der Waals surface area contributed by atoms with Crippen LogP contribution in [0.4, 0.5) is 4.39 Å². The van der Waals surface area contributed by atoms with E-state index >= 15 is 0 Å². The number of hydrazine groups is 1. The molecule has 2 aromatic rings. The van der Waals surface area contributed by atoms with Crippen molar-refractivity contribution in [2.45, 2.75) is 18.9 Å². The minimum absolute atomic E-state index is 0.0299. The van der Waals surface area contributed by atoms with E-state index in [1.165, 1.54) is 12.1 Å². The molecule has 0 radical (unpaired) electrons. The minimum Gasteiger partial charge on any atom is -0.497 e. The van der Waals surface area contributed by atoms with E-state index < -0.39 is 0 Å². The summed E-state index contributed by atoms with van der Waals surface area (Å²) in [4.78, 5) is 0. The molecule has 1 atom stereocenters. The van der Waals surface area contributed by atoms with Gasteiger partial charge in [-0.2, -0.15) is 0 Å². The highest BCUT2D eigenvalue weighted by Crippen LogP contribution is 2.20. The fraction of sp³-hybridized carbons (Fsp3) is 0.250. The quantitative estimate of drug-likeness (QED) is 0.637. The predicted molar refractivity (Wildman–Crippen MR) is 82.9 cm³/mol. The number of methoxy groups -OCH3 is 1. The molecule has 0 heterocycles. The molecule has 2 aromatic carbocycles. The van der Waals surface area contributed by atoms with Crippen LogP contribution in [0.15, 0.2) is 42.5 Å². The van der Waals surface area contributed by atoms with Gasteiger partial charge >= 0.3 is 0 Å². The van der Waals surface area contributed by atoms with Gasteiger partial charge in [0.15, 0.2) is 0 Å². The first-order valence-electron chi connectivity index (χ1n) is 6.65. The van der Waals surface area contributed by atoms with Crippen molar-refractivity contribution < 1.29 is 9.13 Å². The molecule has 0 saturated heterocycles. The average molecular weight is 309 g/mol. The maximum absolute atomic E-state index is 13.3. The lowest BCUT2D eigenvalue weighted by atomic mass is 9.99. The monoisotopic (exact) mass is 308 g/mol. The Balaban J connectivity index is 2.07. The average Bonchev–Trinajstić information content (AvgIpc) is 2.51. The summed E-state index contributed by atoms with van der Waals surface area (Å²) < 4.78 is 18.4. The second kappa shape index (κ2) is 7.41. The van der Waals surface area contributed by atoms with Crippen molar-refractivity contribution in [2.24, 2.45) is 5.84 Å². The van der Waals surface area contributed by atoms with E-state index in [4.69, 9.17) is 22.2 Å². The zero-order valence-electron chi connectivity index (χ0n) is 11.8. The molecule has 0 aromatic heterocycles. The topological polar surface area (TPSA) is 47.3 Å². The number of ether oxygens (including phenoxy) is 1. The van der Waals surface area contributed by atoms with Crippen molar-refractivity contribution in [3.05, 3.63) is 64.4 Å². The molecule has 1 unspecified atom stereocenters. The van der Waals surface area contributed by atoms with Crippen LogP contribution in [0, 0.1) is 5.82 Å². The summed E-state index contributed by atoms with van der Waals surface area (Å²) in [5.41, 5.74) is 4.62. The van der Waals surface area contributed by atoms with Gasteiger partial charge in [0.25, 0.3) is 0 Å². The van der Waals surface area contributed by atoms with Gasteiger partial charge in [-0.25, -0.2) is 4.39 Å². The Morgan fingerprint density at radius 2 is 1.90 bits per heavy atom. The third-order valence-corrected chi connectivity index (χ3v) is 3.72. The van der Waals surface area contributed by atoms with Crippen molar-refractivity contribution in [3.8, 4) is 5.75 Å². The summed E-state index contributed by atoms with van der Waals surface area (Å²) in [5, 5.41) is 0.548. The van der Waals surface area contributed by atoms with Crippen LogP contribution in [-0.4, -0.2) is 13.2 Å². The highest BCUT2D eigenvalue weighted by molar-refractivity contribution is 6.31. The van der Waals surface area contributed by atoms with Gasteiger partial charge in [0.05, 0.1) is 7.11 Å². The molecule has 0 bridgehead atoms. The standard InChI is InChI=1S/C16H18ClFN2O/c1-21-15-5-2-11(3-6-15)8-14(20-19)10-12-9-13(18)4-7-16(12)17/h2-7,9,14,20H,8,10,19H2,1H3. The van der Waals surface area contributed by atoms with E-state index in [-0.39, 0.29) is 11.9 Å². The third-order valence-electron chi connectivity index (χ3n) is 3.35. The smallest absolute Gasteiger partial charge is 0.123 e.